The maximum Gasteiger partial charge on any atom is 0.341 e. The van der Waals surface area contributed by atoms with Crippen LogP contribution in [0.25, 0.3) is 0 Å². The minimum Gasteiger partial charge on any atom is -0.480 e. The van der Waals surface area contributed by atoms with Gasteiger partial charge in [0.05, 0.1) is 11.4 Å². The van der Waals surface area contributed by atoms with Gasteiger partial charge < -0.3 is 10.2 Å². The zero-order valence-electron chi connectivity index (χ0n) is 11.8. The predicted molar refractivity (Wildman–Crippen MR) is 78.5 cm³/mol. The molecule has 1 atom stereocenters. The Bertz CT molecular complexity index is 683. The second-order valence-corrected chi connectivity index (χ2v) is 5.17. The van der Waals surface area contributed by atoms with Gasteiger partial charge in [-0.3, -0.25) is 9.80 Å². The average Bonchev–Trinajstić information content (AvgIpc) is 2.39. The van der Waals surface area contributed by atoms with Crippen molar-refractivity contribution in [2.75, 3.05) is 12.1 Å². The third kappa shape index (κ3) is 2.56. The Labute approximate surface area is 131 Å². The summed E-state index contributed by atoms with van der Waals surface area (Å²) in [6.07, 6.45) is 0. The molecule has 0 radical (unpaired) electrons. The van der Waals surface area contributed by atoms with Gasteiger partial charge in [0.1, 0.15) is 5.57 Å². The van der Waals surface area contributed by atoms with Crippen LogP contribution in [0.1, 0.15) is 6.92 Å². The van der Waals surface area contributed by atoms with E-state index in [1.165, 1.54) is 24.0 Å². The van der Waals surface area contributed by atoms with E-state index in [4.69, 9.17) is 11.6 Å². The Balaban J connectivity index is 2.64. The highest BCUT2D eigenvalue weighted by atomic mass is 35.5. The second kappa shape index (κ2) is 5.78. The van der Waals surface area contributed by atoms with Crippen molar-refractivity contribution in [2.24, 2.45) is 0 Å². The van der Waals surface area contributed by atoms with Gasteiger partial charge in [0, 0.05) is 12.1 Å². The van der Waals surface area contributed by atoms with Crippen molar-refractivity contribution in [2.45, 2.75) is 13.0 Å². The summed E-state index contributed by atoms with van der Waals surface area (Å²) in [5, 5.41) is 21.5. The molecule has 0 saturated carbocycles. The van der Waals surface area contributed by atoms with Crippen LogP contribution in [-0.2, 0) is 14.4 Å². The molecule has 0 aromatic heterocycles. The number of benzene rings is 1. The van der Waals surface area contributed by atoms with Crippen LogP contribution < -0.4 is 5.01 Å². The van der Waals surface area contributed by atoms with Gasteiger partial charge in [-0.1, -0.05) is 11.6 Å². The van der Waals surface area contributed by atoms with E-state index >= 15 is 0 Å². The quantitative estimate of drug-likeness (QED) is 0.640. The number of carbonyl (C=O) groups is 3. The lowest BCUT2D eigenvalue weighted by Gasteiger charge is -2.41. The molecule has 1 aromatic carbocycles. The van der Waals surface area contributed by atoms with E-state index in [0.29, 0.717) is 10.7 Å². The number of Topliss-reactive ketones (excluding diaryl/α,β-unsaturated/α-hetero) is 1. The van der Waals surface area contributed by atoms with Gasteiger partial charge in [-0.15, -0.1) is 0 Å². The van der Waals surface area contributed by atoms with E-state index in [2.05, 4.69) is 0 Å². The van der Waals surface area contributed by atoms with Gasteiger partial charge in [-0.05, 0) is 31.2 Å². The van der Waals surface area contributed by atoms with E-state index in [1.54, 1.807) is 24.3 Å². The number of likely N-dealkylation sites (N-methyl/N-ethyl adjacent to an activating group) is 1. The van der Waals surface area contributed by atoms with Crippen molar-refractivity contribution in [1.82, 2.24) is 5.01 Å². The molecule has 0 bridgehead atoms. The number of carboxylic acid groups (broad SMARTS) is 2. The molecule has 0 amide bonds. The van der Waals surface area contributed by atoms with Gasteiger partial charge in [0.25, 0.3) is 0 Å². The standard InChI is InChI=1S/C14H13ClN2O5/c1-7-10(13(19)20)12(18)11(14(21)22)16(2)17(7)9-5-3-8(15)4-6-9/h3-6,11H,1-2H3,(H,19,20)(H,21,22). The van der Waals surface area contributed by atoms with Gasteiger partial charge in [0.15, 0.2) is 6.04 Å². The fourth-order valence-corrected chi connectivity index (χ4v) is 2.56. The Hall–Kier alpha value is -2.38. The minimum absolute atomic E-state index is 0.139. The first kappa shape index (κ1) is 16.0. The minimum atomic E-state index is -1.61. The molecular formula is C14H13ClN2O5. The highest BCUT2D eigenvalue weighted by Gasteiger charge is 2.44. The molecule has 0 spiro atoms. The lowest BCUT2D eigenvalue weighted by Crippen LogP contribution is -2.58. The Morgan fingerprint density at radius 1 is 1.18 bits per heavy atom. The molecule has 0 aliphatic carbocycles. The van der Waals surface area contributed by atoms with Crippen molar-refractivity contribution in [3.8, 4) is 0 Å². The summed E-state index contributed by atoms with van der Waals surface area (Å²) in [6.45, 7) is 1.45. The summed E-state index contributed by atoms with van der Waals surface area (Å²) in [5.41, 5.74) is 0.0992. The molecule has 0 fully saturated rings. The zero-order chi connectivity index (χ0) is 16.6. The molecule has 2 rings (SSSR count). The number of hydrazine groups is 1. The van der Waals surface area contributed by atoms with Crippen molar-refractivity contribution in [3.05, 3.63) is 40.6 Å². The molecule has 116 valence electrons. The molecule has 1 heterocycles. The van der Waals surface area contributed by atoms with E-state index < -0.39 is 29.3 Å². The van der Waals surface area contributed by atoms with Crippen molar-refractivity contribution < 1.29 is 24.6 Å². The van der Waals surface area contributed by atoms with E-state index in [-0.39, 0.29) is 5.70 Å². The van der Waals surface area contributed by atoms with Crippen molar-refractivity contribution >= 4 is 35.0 Å². The number of carboxylic acids is 2. The van der Waals surface area contributed by atoms with Crippen LogP contribution in [0.3, 0.4) is 0 Å². The first-order chi connectivity index (χ1) is 10.3. The first-order valence-corrected chi connectivity index (χ1v) is 6.63. The molecule has 0 saturated heterocycles. The molecule has 1 aliphatic heterocycles. The summed E-state index contributed by atoms with van der Waals surface area (Å²) in [6, 6.07) is 4.79. The van der Waals surface area contributed by atoms with Crippen LogP contribution in [0.15, 0.2) is 35.5 Å². The smallest absolute Gasteiger partial charge is 0.341 e. The van der Waals surface area contributed by atoms with Crippen LogP contribution in [0.2, 0.25) is 5.02 Å². The fraction of sp³-hybridized carbons (Fsp3) is 0.214. The van der Waals surface area contributed by atoms with Gasteiger partial charge in [-0.2, -0.15) is 5.01 Å². The monoisotopic (exact) mass is 324 g/mol. The molecule has 1 aromatic rings. The molecule has 22 heavy (non-hydrogen) atoms. The highest BCUT2D eigenvalue weighted by molar-refractivity contribution is 6.30. The molecule has 1 aliphatic rings. The molecule has 7 nitrogen and oxygen atoms in total. The predicted octanol–water partition coefficient (Wildman–Crippen LogP) is 1.39. The molecular weight excluding hydrogens is 312 g/mol. The topological polar surface area (TPSA) is 98.1 Å². The van der Waals surface area contributed by atoms with Gasteiger partial charge in [0.2, 0.25) is 5.78 Å². The van der Waals surface area contributed by atoms with E-state index in [0.717, 1.165) is 0 Å². The molecule has 8 heteroatoms. The maximum atomic E-state index is 12.2. The summed E-state index contributed by atoms with van der Waals surface area (Å²) in [5.74, 6) is -3.83. The Kier molecular flexibility index (Phi) is 4.20. The van der Waals surface area contributed by atoms with Gasteiger partial charge in [-0.25, -0.2) is 9.59 Å². The number of hydrogen-bond donors (Lipinski definition) is 2. The summed E-state index contributed by atoms with van der Waals surface area (Å²) >= 11 is 5.82. The summed E-state index contributed by atoms with van der Waals surface area (Å²) < 4.78 is 0. The van der Waals surface area contributed by atoms with Crippen LogP contribution in [0, 0.1) is 0 Å². The lowest BCUT2D eigenvalue weighted by molar-refractivity contribution is -0.147. The third-order valence-electron chi connectivity index (χ3n) is 3.38. The van der Waals surface area contributed by atoms with E-state index in [1.807, 2.05) is 0 Å². The zero-order valence-corrected chi connectivity index (χ0v) is 12.5. The van der Waals surface area contributed by atoms with Gasteiger partial charge >= 0.3 is 11.9 Å². The van der Waals surface area contributed by atoms with Crippen molar-refractivity contribution in [3.63, 3.8) is 0 Å². The summed E-state index contributed by atoms with van der Waals surface area (Å²) in [4.78, 5) is 34.8. The molecule has 2 N–H and O–H groups in total. The Morgan fingerprint density at radius 2 is 1.73 bits per heavy atom. The first-order valence-electron chi connectivity index (χ1n) is 6.25. The Morgan fingerprint density at radius 3 is 2.18 bits per heavy atom. The van der Waals surface area contributed by atoms with Crippen LogP contribution in [-0.4, -0.2) is 46.0 Å². The SMILES string of the molecule is CC1=C(C(=O)O)C(=O)C(C(=O)O)N(C)N1c1ccc(Cl)cc1. The number of halogens is 1. The van der Waals surface area contributed by atoms with Crippen LogP contribution in [0.5, 0.6) is 0 Å². The van der Waals surface area contributed by atoms with Crippen LogP contribution in [0.4, 0.5) is 5.69 Å². The maximum absolute atomic E-state index is 12.2. The lowest BCUT2D eigenvalue weighted by atomic mass is 9.99. The fourth-order valence-electron chi connectivity index (χ4n) is 2.43. The number of hydrogen-bond acceptors (Lipinski definition) is 5. The number of ketones is 1. The number of carbonyl (C=O) groups excluding carboxylic acids is 1. The van der Waals surface area contributed by atoms with Crippen LogP contribution >= 0.6 is 11.6 Å². The summed E-state index contributed by atoms with van der Waals surface area (Å²) in [7, 11) is 1.41. The van der Waals surface area contributed by atoms with E-state index in [9.17, 15) is 24.6 Å². The largest absolute Gasteiger partial charge is 0.480 e. The van der Waals surface area contributed by atoms with Crippen molar-refractivity contribution in [1.29, 1.82) is 0 Å². The number of aliphatic carboxylic acids is 2. The third-order valence-corrected chi connectivity index (χ3v) is 3.63. The number of allylic oxidation sites excluding steroid dienone is 1. The normalized spacial score (nSPS) is 19.5. The highest BCUT2D eigenvalue weighted by Crippen LogP contribution is 2.30. The number of rotatable bonds is 3. The number of anilines is 1. The average molecular weight is 325 g/mol. The second-order valence-electron chi connectivity index (χ2n) is 4.73. The number of nitrogens with zero attached hydrogens (tertiary/aromatic N) is 2. The molecule has 1 unspecified atom stereocenters.